The molecule has 1 amide bonds. The third kappa shape index (κ3) is 3.64. The van der Waals surface area contributed by atoms with Gasteiger partial charge in [0.1, 0.15) is 10.8 Å². The number of hydrogen-bond acceptors (Lipinski definition) is 4. The Morgan fingerprint density at radius 2 is 2.17 bits per heavy atom. The quantitative estimate of drug-likeness (QED) is 0.902. The van der Waals surface area contributed by atoms with Crippen molar-refractivity contribution in [3.8, 4) is 11.6 Å². The molecule has 1 atom stereocenters. The highest BCUT2D eigenvalue weighted by Gasteiger charge is 2.24. The summed E-state index contributed by atoms with van der Waals surface area (Å²) >= 11 is 12.0. The molecule has 1 N–H and O–H groups in total. The van der Waals surface area contributed by atoms with E-state index in [1.54, 1.807) is 30.3 Å². The van der Waals surface area contributed by atoms with E-state index in [9.17, 15) is 4.79 Å². The molecule has 0 spiro atoms. The summed E-state index contributed by atoms with van der Waals surface area (Å²) in [5, 5.41) is 4.00. The van der Waals surface area contributed by atoms with Gasteiger partial charge >= 0.3 is 0 Å². The van der Waals surface area contributed by atoms with E-state index in [1.807, 2.05) is 11.8 Å². The molecule has 0 radical (unpaired) electrons. The van der Waals surface area contributed by atoms with E-state index in [1.165, 1.54) is 6.20 Å². The third-order valence-corrected chi connectivity index (χ3v) is 4.68. The molecule has 5 nitrogen and oxygen atoms in total. The maximum Gasteiger partial charge on any atom is 0.255 e. The van der Waals surface area contributed by atoms with Gasteiger partial charge in [-0.1, -0.05) is 29.3 Å². The number of carbonyl (C=O) groups is 1. The number of piperazine rings is 1. The number of carbonyl (C=O) groups excluding carboxylic acids is 1. The molecule has 24 heavy (non-hydrogen) atoms. The number of aromatic nitrogens is 1. The Labute approximate surface area is 150 Å². The molecule has 1 unspecified atom stereocenters. The standard InChI is InChI=1S/C17H17Cl2N3O2/c1-11-9-20-7-8-22(11)17(23)12-5-6-15(21-10-12)24-14-4-2-3-13(18)16(14)19/h2-6,10-11,20H,7-9H2,1H3. The van der Waals surface area contributed by atoms with E-state index in [2.05, 4.69) is 10.3 Å². The second-order valence-corrected chi connectivity index (χ2v) is 6.38. The van der Waals surface area contributed by atoms with Crippen molar-refractivity contribution >= 4 is 29.1 Å². The van der Waals surface area contributed by atoms with Gasteiger partial charge in [0.25, 0.3) is 5.91 Å². The summed E-state index contributed by atoms with van der Waals surface area (Å²) in [6.07, 6.45) is 1.52. The lowest BCUT2D eigenvalue weighted by Gasteiger charge is -2.33. The molecular weight excluding hydrogens is 349 g/mol. The van der Waals surface area contributed by atoms with Crippen molar-refractivity contribution in [3.05, 3.63) is 52.1 Å². The first-order valence-electron chi connectivity index (χ1n) is 7.66. The Bertz CT molecular complexity index is 737. The fourth-order valence-electron chi connectivity index (χ4n) is 2.55. The molecule has 126 valence electrons. The maximum atomic E-state index is 12.6. The number of halogens is 2. The second-order valence-electron chi connectivity index (χ2n) is 5.59. The number of amides is 1. The molecule has 1 aromatic carbocycles. The molecule has 1 saturated heterocycles. The zero-order valence-corrected chi connectivity index (χ0v) is 14.6. The predicted molar refractivity (Wildman–Crippen MR) is 94.1 cm³/mol. The SMILES string of the molecule is CC1CNCCN1C(=O)c1ccc(Oc2cccc(Cl)c2Cl)nc1. The Morgan fingerprint density at radius 1 is 1.33 bits per heavy atom. The molecule has 3 rings (SSSR count). The number of nitrogens with zero attached hydrogens (tertiary/aromatic N) is 2. The van der Waals surface area contributed by atoms with Crippen LogP contribution < -0.4 is 10.1 Å². The summed E-state index contributed by atoms with van der Waals surface area (Å²) in [6.45, 7) is 4.32. The highest BCUT2D eigenvalue weighted by Crippen LogP contribution is 2.34. The third-order valence-electron chi connectivity index (χ3n) is 3.88. The zero-order valence-electron chi connectivity index (χ0n) is 13.1. The Kier molecular flexibility index (Phi) is 5.23. The molecule has 2 aromatic rings. The van der Waals surface area contributed by atoms with Crippen LogP contribution in [0.2, 0.25) is 10.0 Å². The van der Waals surface area contributed by atoms with Crippen LogP contribution in [0, 0.1) is 0 Å². The fourth-order valence-corrected chi connectivity index (χ4v) is 2.88. The van der Waals surface area contributed by atoms with Gasteiger partial charge < -0.3 is 15.0 Å². The minimum Gasteiger partial charge on any atom is -0.437 e. The number of pyridine rings is 1. The summed E-state index contributed by atoms with van der Waals surface area (Å²) in [5.74, 6) is 0.749. The molecular formula is C17H17Cl2N3O2. The zero-order chi connectivity index (χ0) is 17.1. The minimum absolute atomic E-state index is 0.0242. The monoisotopic (exact) mass is 365 g/mol. The average Bonchev–Trinajstić information content (AvgIpc) is 2.59. The van der Waals surface area contributed by atoms with Gasteiger partial charge in [0.2, 0.25) is 5.88 Å². The van der Waals surface area contributed by atoms with Crippen LogP contribution in [-0.2, 0) is 0 Å². The Hall–Kier alpha value is -1.82. The van der Waals surface area contributed by atoms with Crippen molar-refractivity contribution in [1.82, 2.24) is 15.2 Å². The molecule has 0 bridgehead atoms. The molecule has 1 aromatic heterocycles. The summed E-state index contributed by atoms with van der Waals surface area (Å²) in [7, 11) is 0. The van der Waals surface area contributed by atoms with Crippen molar-refractivity contribution in [3.63, 3.8) is 0 Å². The van der Waals surface area contributed by atoms with Gasteiger partial charge in [0.15, 0.2) is 0 Å². The van der Waals surface area contributed by atoms with Crippen LogP contribution in [0.15, 0.2) is 36.5 Å². The first-order valence-corrected chi connectivity index (χ1v) is 8.41. The van der Waals surface area contributed by atoms with Gasteiger partial charge in [-0.15, -0.1) is 0 Å². The van der Waals surface area contributed by atoms with Gasteiger partial charge in [-0.05, 0) is 25.1 Å². The van der Waals surface area contributed by atoms with Crippen molar-refractivity contribution in [2.45, 2.75) is 13.0 Å². The number of hydrogen-bond donors (Lipinski definition) is 1. The largest absolute Gasteiger partial charge is 0.437 e. The van der Waals surface area contributed by atoms with Crippen molar-refractivity contribution < 1.29 is 9.53 Å². The van der Waals surface area contributed by atoms with Crippen molar-refractivity contribution in [2.24, 2.45) is 0 Å². The van der Waals surface area contributed by atoms with Gasteiger partial charge in [0.05, 0.1) is 10.6 Å². The number of benzene rings is 1. The Morgan fingerprint density at radius 3 is 2.88 bits per heavy atom. The molecule has 0 saturated carbocycles. The lowest BCUT2D eigenvalue weighted by atomic mass is 10.1. The summed E-state index contributed by atoms with van der Waals surface area (Å²) in [5.41, 5.74) is 0.535. The highest BCUT2D eigenvalue weighted by atomic mass is 35.5. The maximum absolute atomic E-state index is 12.6. The minimum atomic E-state index is -0.0242. The Balaban J connectivity index is 1.73. The number of ether oxygens (including phenoxy) is 1. The number of nitrogens with one attached hydrogen (secondary N) is 1. The van der Waals surface area contributed by atoms with Crippen LogP contribution in [0.3, 0.4) is 0 Å². The first kappa shape index (κ1) is 17.0. The second kappa shape index (κ2) is 7.38. The molecule has 1 aliphatic rings. The van der Waals surface area contributed by atoms with Gasteiger partial charge in [0, 0.05) is 37.9 Å². The lowest BCUT2D eigenvalue weighted by Crippen LogP contribution is -2.52. The van der Waals surface area contributed by atoms with Gasteiger partial charge in [-0.25, -0.2) is 4.98 Å². The van der Waals surface area contributed by atoms with E-state index >= 15 is 0 Å². The normalized spacial score (nSPS) is 17.6. The van der Waals surface area contributed by atoms with E-state index in [-0.39, 0.29) is 11.9 Å². The topological polar surface area (TPSA) is 54.5 Å². The molecule has 7 heteroatoms. The van der Waals surface area contributed by atoms with Crippen molar-refractivity contribution in [2.75, 3.05) is 19.6 Å². The van der Waals surface area contributed by atoms with E-state index < -0.39 is 0 Å². The summed E-state index contributed by atoms with van der Waals surface area (Å²) in [4.78, 5) is 18.6. The van der Waals surface area contributed by atoms with E-state index in [4.69, 9.17) is 27.9 Å². The average molecular weight is 366 g/mol. The van der Waals surface area contributed by atoms with Gasteiger partial charge in [-0.3, -0.25) is 4.79 Å². The predicted octanol–water partition coefficient (Wildman–Crippen LogP) is 3.61. The fraction of sp³-hybridized carbons (Fsp3) is 0.294. The smallest absolute Gasteiger partial charge is 0.255 e. The molecule has 1 aliphatic heterocycles. The van der Waals surface area contributed by atoms with Crippen LogP contribution in [-0.4, -0.2) is 41.5 Å². The molecule has 2 heterocycles. The van der Waals surface area contributed by atoms with Crippen LogP contribution >= 0.6 is 23.2 Å². The van der Waals surface area contributed by atoms with Gasteiger partial charge in [-0.2, -0.15) is 0 Å². The lowest BCUT2D eigenvalue weighted by molar-refractivity contribution is 0.0655. The van der Waals surface area contributed by atoms with Crippen LogP contribution in [0.25, 0.3) is 0 Å². The van der Waals surface area contributed by atoms with Crippen molar-refractivity contribution in [1.29, 1.82) is 0 Å². The number of rotatable bonds is 3. The molecule has 1 fully saturated rings. The van der Waals surface area contributed by atoms with Crippen LogP contribution in [0.4, 0.5) is 0 Å². The summed E-state index contributed by atoms with van der Waals surface area (Å²) in [6, 6.07) is 8.65. The first-order chi connectivity index (χ1) is 11.6. The van der Waals surface area contributed by atoms with Crippen LogP contribution in [0.5, 0.6) is 11.6 Å². The van der Waals surface area contributed by atoms with E-state index in [0.717, 1.165) is 13.1 Å². The van der Waals surface area contributed by atoms with Crippen LogP contribution in [0.1, 0.15) is 17.3 Å². The highest BCUT2D eigenvalue weighted by molar-refractivity contribution is 6.42. The van der Waals surface area contributed by atoms with E-state index in [0.29, 0.717) is 33.8 Å². The molecule has 0 aliphatic carbocycles. The summed E-state index contributed by atoms with van der Waals surface area (Å²) < 4.78 is 5.63.